The van der Waals surface area contributed by atoms with Crippen LogP contribution in [-0.2, 0) is 6.54 Å². The van der Waals surface area contributed by atoms with Crippen molar-refractivity contribution >= 4 is 11.8 Å². The molecule has 1 heterocycles. The van der Waals surface area contributed by atoms with Gasteiger partial charge in [0, 0.05) is 35.7 Å². The molecule has 0 saturated carbocycles. The molecule has 1 aromatic rings. The van der Waals surface area contributed by atoms with E-state index in [1.807, 2.05) is 30.8 Å². The maximum Gasteiger partial charge on any atom is 0.122 e. The highest BCUT2D eigenvalue weighted by molar-refractivity contribution is 8.00. The van der Waals surface area contributed by atoms with Crippen LogP contribution in [0, 0.1) is 6.92 Å². The van der Waals surface area contributed by atoms with Gasteiger partial charge in [-0.2, -0.15) is 11.8 Å². The fourth-order valence-electron chi connectivity index (χ4n) is 2.19. The molecule has 1 N–H and O–H groups in total. The Hall–Kier alpha value is -0.740. The molecule has 0 saturated heterocycles. The summed E-state index contributed by atoms with van der Waals surface area (Å²) in [4.78, 5) is 4.53. The van der Waals surface area contributed by atoms with Gasteiger partial charge in [0.15, 0.2) is 0 Å². The molecule has 1 rings (SSSR count). The van der Waals surface area contributed by atoms with E-state index in [4.69, 9.17) is 4.74 Å². The number of nitrogens with one attached hydrogen (secondary N) is 1. The number of aryl methyl sites for hydroxylation is 1. The van der Waals surface area contributed by atoms with Gasteiger partial charge in [0.1, 0.15) is 5.75 Å². The van der Waals surface area contributed by atoms with E-state index in [9.17, 15) is 0 Å². The summed E-state index contributed by atoms with van der Waals surface area (Å²) in [6, 6.07) is 3.95. The van der Waals surface area contributed by atoms with E-state index < -0.39 is 0 Å². The molecule has 4 heteroatoms. The van der Waals surface area contributed by atoms with Crippen molar-refractivity contribution in [1.29, 1.82) is 0 Å². The van der Waals surface area contributed by atoms with Crippen LogP contribution < -0.4 is 10.1 Å². The lowest BCUT2D eigenvalue weighted by atomic mass is 10.0. The number of methoxy groups -OCH3 is 1. The second-order valence-electron chi connectivity index (χ2n) is 4.84. The topological polar surface area (TPSA) is 34.1 Å². The minimum absolute atomic E-state index is 0.341. The fraction of sp³-hybridized carbons (Fsp3) is 0.667. The maximum absolute atomic E-state index is 5.27. The average Bonchev–Trinajstić information content (AvgIpc) is 2.43. The third-order valence-electron chi connectivity index (χ3n) is 3.69. The van der Waals surface area contributed by atoms with E-state index in [0.717, 1.165) is 30.2 Å². The van der Waals surface area contributed by atoms with Crippen LogP contribution in [0.3, 0.4) is 0 Å². The zero-order valence-electron chi connectivity index (χ0n) is 12.7. The van der Waals surface area contributed by atoms with Gasteiger partial charge in [0.25, 0.3) is 0 Å². The van der Waals surface area contributed by atoms with Crippen LogP contribution in [0.25, 0.3) is 0 Å². The molecule has 0 amide bonds. The lowest BCUT2D eigenvalue weighted by molar-refractivity contribution is 0.412. The van der Waals surface area contributed by atoms with Gasteiger partial charge in [-0.3, -0.25) is 4.98 Å². The Balaban J connectivity index is 2.59. The van der Waals surface area contributed by atoms with E-state index in [0.29, 0.717) is 4.75 Å². The Kier molecular flexibility index (Phi) is 6.66. The van der Waals surface area contributed by atoms with E-state index >= 15 is 0 Å². The van der Waals surface area contributed by atoms with Crippen LogP contribution in [0.5, 0.6) is 5.75 Å². The SMILES string of the molecule is CCC(CC)(CNCc1cc(OC)cc(C)n1)SC. The summed E-state index contributed by atoms with van der Waals surface area (Å²) in [5.74, 6) is 0.881. The van der Waals surface area contributed by atoms with Gasteiger partial charge in [-0.15, -0.1) is 0 Å². The van der Waals surface area contributed by atoms with Crippen LogP contribution in [0.4, 0.5) is 0 Å². The predicted octanol–water partition coefficient (Wildman–Crippen LogP) is 3.41. The number of hydrogen-bond acceptors (Lipinski definition) is 4. The highest BCUT2D eigenvalue weighted by atomic mass is 32.2. The minimum atomic E-state index is 0.341. The summed E-state index contributed by atoms with van der Waals surface area (Å²) in [5.41, 5.74) is 2.04. The quantitative estimate of drug-likeness (QED) is 0.792. The summed E-state index contributed by atoms with van der Waals surface area (Å²) in [6.45, 7) is 8.32. The molecule has 0 aromatic carbocycles. The van der Waals surface area contributed by atoms with Gasteiger partial charge in [0.2, 0.25) is 0 Å². The van der Waals surface area contributed by atoms with Crippen molar-refractivity contribution in [2.75, 3.05) is 19.9 Å². The molecule has 0 bridgehead atoms. The summed E-state index contributed by atoms with van der Waals surface area (Å²) < 4.78 is 5.62. The monoisotopic (exact) mass is 282 g/mol. The first kappa shape index (κ1) is 16.3. The molecule has 0 aliphatic carbocycles. The van der Waals surface area contributed by atoms with Gasteiger partial charge in [-0.05, 0) is 26.0 Å². The normalized spacial score (nSPS) is 11.6. The highest BCUT2D eigenvalue weighted by Gasteiger charge is 2.24. The minimum Gasteiger partial charge on any atom is -0.497 e. The molecule has 0 fully saturated rings. The number of ether oxygens (including phenoxy) is 1. The van der Waals surface area contributed by atoms with E-state index in [2.05, 4.69) is 30.4 Å². The fourth-order valence-corrected chi connectivity index (χ4v) is 3.01. The molecule has 0 unspecified atom stereocenters. The number of pyridine rings is 1. The van der Waals surface area contributed by atoms with E-state index in [1.165, 1.54) is 12.8 Å². The number of rotatable bonds is 8. The first-order chi connectivity index (χ1) is 9.09. The lowest BCUT2D eigenvalue weighted by Crippen LogP contribution is -2.36. The second-order valence-corrected chi connectivity index (χ2v) is 6.11. The summed E-state index contributed by atoms with van der Waals surface area (Å²) in [5, 5.41) is 3.54. The smallest absolute Gasteiger partial charge is 0.122 e. The Bertz CT molecular complexity index is 383. The highest BCUT2D eigenvalue weighted by Crippen LogP contribution is 2.29. The van der Waals surface area contributed by atoms with Crippen molar-refractivity contribution in [3.63, 3.8) is 0 Å². The van der Waals surface area contributed by atoms with Crippen LogP contribution >= 0.6 is 11.8 Å². The number of thioether (sulfide) groups is 1. The van der Waals surface area contributed by atoms with Crippen molar-refractivity contribution in [1.82, 2.24) is 10.3 Å². The lowest BCUT2D eigenvalue weighted by Gasteiger charge is -2.30. The van der Waals surface area contributed by atoms with E-state index in [1.54, 1.807) is 7.11 Å². The van der Waals surface area contributed by atoms with Gasteiger partial charge >= 0.3 is 0 Å². The van der Waals surface area contributed by atoms with Crippen molar-refractivity contribution in [3.8, 4) is 5.75 Å². The Morgan fingerprint density at radius 2 is 2.00 bits per heavy atom. The molecular formula is C15H26N2OS. The molecule has 0 radical (unpaired) electrons. The van der Waals surface area contributed by atoms with Crippen LogP contribution in [0.1, 0.15) is 38.1 Å². The van der Waals surface area contributed by atoms with Gasteiger partial charge in [0.05, 0.1) is 12.8 Å². The van der Waals surface area contributed by atoms with Crippen molar-refractivity contribution in [2.45, 2.75) is 44.9 Å². The molecule has 19 heavy (non-hydrogen) atoms. The van der Waals surface area contributed by atoms with E-state index in [-0.39, 0.29) is 0 Å². The van der Waals surface area contributed by atoms with Crippen LogP contribution in [-0.4, -0.2) is 29.6 Å². The maximum atomic E-state index is 5.27. The predicted molar refractivity (Wildman–Crippen MR) is 84.1 cm³/mol. The van der Waals surface area contributed by atoms with Gasteiger partial charge < -0.3 is 10.1 Å². The molecule has 0 atom stereocenters. The second kappa shape index (κ2) is 7.75. The molecule has 1 aromatic heterocycles. The third-order valence-corrected chi connectivity index (χ3v) is 5.28. The van der Waals surface area contributed by atoms with Crippen LogP contribution in [0.2, 0.25) is 0 Å². The zero-order valence-corrected chi connectivity index (χ0v) is 13.6. The standard InChI is InChI=1S/C15H26N2OS/c1-6-15(7-2,19-5)11-16-10-13-9-14(18-4)8-12(3)17-13/h8-9,16H,6-7,10-11H2,1-5H3. The number of aromatic nitrogens is 1. The molecule has 108 valence electrons. The molecule has 3 nitrogen and oxygen atoms in total. The molecule has 0 spiro atoms. The Labute approximate surface area is 121 Å². The van der Waals surface area contributed by atoms with Gasteiger partial charge in [-0.25, -0.2) is 0 Å². The first-order valence-electron chi connectivity index (χ1n) is 6.86. The zero-order chi connectivity index (χ0) is 14.3. The summed E-state index contributed by atoms with van der Waals surface area (Å²) in [6.07, 6.45) is 4.56. The van der Waals surface area contributed by atoms with Crippen molar-refractivity contribution in [3.05, 3.63) is 23.5 Å². The Morgan fingerprint density at radius 3 is 2.53 bits per heavy atom. The summed E-state index contributed by atoms with van der Waals surface area (Å²) >= 11 is 1.96. The third kappa shape index (κ3) is 4.69. The number of hydrogen-bond donors (Lipinski definition) is 1. The van der Waals surface area contributed by atoms with Crippen LogP contribution in [0.15, 0.2) is 12.1 Å². The molecule has 0 aliphatic rings. The molecule has 0 aliphatic heterocycles. The summed E-state index contributed by atoms with van der Waals surface area (Å²) in [7, 11) is 1.69. The van der Waals surface area contributed by atoms with Crippen molar-refractivity contribution < 1.29 is 4.74 Å². The molecular weight excluding hydrogens is 256 g/mol. The first-order valence-corrected chi connectivity index (χ1v) is 8.09. The number of nitrogens with zero attached hydrogens (tertiary/aromatic N) is 1. The largest absolute Gasteiger partial charge is 0.497 e. The van der Waals surface area contributed by atoms with Gasteiger partial charge in [-0.1, -0.05) is 13.8 Å². The Morgan fingerprint density at radius 1 is 1.32 bits per heavy atom. The average molecular weight is 282 g/mol. The van der Waals surface area contributed by atoms with Crippen molar-refractivity contribution in [2.24, 2.45) is 0 Å².